The van der Waals surface area contributed by atoms with E-state index in [1.165, 1.54) is 41.3 Å². The number of carbonyl (C=O) groups is 2. The van der Waals surface area contributed by atoms with Crippen LogP contribution in [-0.4, -0.2) is 50.5 Å². The zero-order chi connectivity index (χ0) is 27.0. The average Bonchev–Trinajstić information content (AvgIpc) is 2.85. The van der Waals surface area contributed by atoms with Crippen molar-refractivity contribution in [2.75, 3.05) is 23.7 Å². The minimum absolute atomic E-state index is 0.0183. The van der Waals surface area contributed by atoms with Crippen molar-refractivity contribution in [3.05, 3.63) is 102 Å². The van der Waals surface area contributed by atoms with Gasteiger partial charge in [0.2, 0.25) is 21.8 Å². The fourth-order valence-electron chi connectivity index (χ4n) is 3.88. The Kier molecular flexibility index (Phi) is 9.35. The topological polar surface area (TPSA) is 86.8 Å². The van der Waals surface area contributed by atoms with Crippen LogP contribution in [0.3, 0.4) is 0 Å². The van der Waals surface area contributed by atoms with Gasteiger partial charge in [0.1, 0.15) is 24.2 Å². The molecule has 196 valence electrons. The number of hydrogen-bond donors (Lipinski definition) is 1. The maximum Gasteiger partial charge on any atom is 0.244 e. The second-order valence-corrected chi connectivity index (χ2v) is 10.4. The second-order valence-electron chi connectivity index (χ2n) is 8.50. The lowest BCUT2D eigenvalue weighted by atomic mass is 10.0. The average molecular weight is 530 g/mol. The van der Waals surface area contributed by atoms with Crippen LogP contribution in [0.2, 0.25) is 0 Å². The molecule has 0 radical (unpaired) electrons. The van der Waals surface area contributed by atoms with E-state index in [0.717, 1.165) is 28.3 Å². The fraction of sp³-hybridized carbons (Fsp3) is 0.259. The van der Waals surface area contributed by atoms with Crippen LogP contribution in [0.15, 0.2) is 78.9 Å². The van der Waals surface area contributed by atoms with Crippen LogP contribution in [-0.2, 0) is 32.6 Å². The molecular formula is C27H29F2N3O4S. The van der Waals surface area contributed by atoms with Crippen molar-refractivity contribution in [1.82, 2.24) is 10.2 Å². The lowest BCUT2D eigenvalue weighted by Gasteiger charge is -2.33. The number of likely N-dealkylation sites (N-methyl/N-ethyl adjacent to an activating group) is 1. The summed E-state index contributed by atoms with van der Waals surface area (Å²) in [6, 6.07) is 18.5. The second kappa shape index (κ2) is 12.4. The Balaban J connectivity index is 2.03. The Morgan fingerprint density at radius 3 is 2.16 bits per heavy atom. The first kappa shape index (κ1) is 27.8. The Morgan fingerprint density at radius 1 is 0.892 bits per heavy atom. The van der Waals surface area contributed by atoms with Crippen LogP contribution in [0, 0.1) is 11.6 Å². The van der Waals surface area contributed by atoms with Crippen molar-refractivity contribution in [2.45, 2.75) is 25.9 Å². The van der Waals surface area contributed by atoms with E-state index in [4.69, 9.17) is 0 Å². The molecule has 3 rings (SSSR count). The van der Waals surface area contributed by atoms with Gasteiger partial charge >= 0.3 is 0 Å². The maximum absolute atomic E-state index is 13.9. The third-order valence-electron chi connectivity index (χ3n) is 5.66. The SMILES string of the molecule is CCNC(=O)[C@H](Cc1ccccc1)N(Cc1ccc(F)cc1)C(=O)CN(c1cccc(F)c1)S(C)(=O)=O. The van der Waals surface area contributed by atoms with Crippen molar-refractivity contribution in [3.63, 3.8) is 0 Å². The number of amides is 2. The summed E-state index contributed by atoms with van der Waals surface area (Å²) >= 11 is 0. The molecule has 0 aliphatic rings. The van der Waals surface area contributed by atoms with E-state index in [9.17, 15) is 26.8 Å². The molecule has 3 aromatic carbocycles. The number of nitrogens with one attached hydrogen (secondary N) is 1. The van der Waals surface area contributed by atoms with Gasteiger partial charge in [-0.2, -0.15) is 0 Å². The molecule has 0 fully saturated rings. The van der Waals surface area contributed by atoms with Gasteiger partial charge in [-0.05, 0) is 48.4 Å². The van der Waals surface area contributed by atoms with E-state index < -0.39 is 46.1 Å². The third-order valence-corrected chi connectivity index (χ3v) is 6.80. The lowest BCUT2D eigenvalue weighted by Crippen LogP contribution is -2.53. The van der Waals surface area contributed by atoms with Crippen LogP contribution in [0.5, 0.6) is 0 Å². The first-order valence-corrected chi connectivity index (χ1v) is 13.5. The van der Waals surface area contributed by atoms with Gasteiger partial charge in [0.05, 0.1) is 11.9 Å². The number of hydrogen-bond acceptors (Lipinski definition) is 4. The van der Waals surface area contributed by atoms with E-state index >= 15 is 0 Å². The summed E-state index contributed by atoms with van der Waals surface area (Å²) < 4.78 is 53.4. The van der Waals surface area contributed by atoms with Gasteiger partial charge in [-0.3, -0.25) is 13.9 Å². The molecule has 0 aliphatic heterocycles. The van der Waals surface area contributed by atoms with Crippen LogP contribution >= 0.6 is 0 Å². The quantitative estimate of drug-likeness (QED) is 0.412. The van der Waals surface area contributed by atoms with Gasteiger partial charge < -0.3 is 10.2 Å². The number of benzene rings is 3. The Morgan fingerprint density at radius 2 is 1.57 bits per heavy atom. The van der Waals surface area contributed by atoms with Crippen LogP contribution < -0.4 is 9.62 Å². The maximum atomic E-state index is 13.9. The predicted octanol–water partition coefficient (Wildman–Crippen LogP) is 3.51. The van der Waals surface area contributed by atoms with Crippen molar-refractivity contribution in [1.29, 1.82) is 0 Å². The number of rotatable bonds is 11. The van der Waals surface area contributed by atoms with Crippen molar-refractivity contribution in [3.8, 4) is 0 Å². The van der Waals surface area contributed by atoms with E-state index in [-0.39, 0.29) is 18.7 Å². The number of halogens is 2. The van der Waals surface area contributed by atoms with Gasteiger partial charge in [0, 0.05) is 19.5 Å². The Hall–Kier alpha value is -3.79. The van der Waals surface area contributed by atoms with Crippen LogP contribution in [0.25, 0.3) is 0 Å². The Labute approximate surface area is 215 Å². The summed E-state index contributed by atoms with van der Waals surface area (Å²) in [5.74, 6) is -2.21. The molecular weight excluding hydrogens is 500 g/mol. The normalized spacial score (nSPS) is 12.0. The van der Waals surface area contributed by atoms with Crippen molar-refractivity contribution >= 4 is 27.5 Å². The summed E-state index contributed by atoms with van der Waals surface area (Å²) in [6.45, 7) is 1.34. The fourth-order valence-corrected chi connectivity index (χ4v) is 4.72. The molecule has 0 saturated heterocycles. The Bertz CT molecular complexity index is 1320. The molecule has 0 spiro atoms. The van der Waals surface area contributed by atoms with Gasteiger partial charge in [0.15, 0.2) is 0 Å². The zero-order valence-electron chi connectivity index (χ0n) is 20.6. The summed E-state index contributed by atoms with van der Waals surface area (Å²) in [5, 5.41) is 2.74. The van der Waals surface area contributed by atoms with E-state index in [0.29, 0.717) is 12.1 Å². The molecule has 0 aliphatic carbocycles. The van der Waals surface area contributed by atoms with Gasteiger partial charge in [-0.1, -0.05) is 48.5 Å². The van der Waals surface area contributed by atoms with Gasteiger partial charge in [-0.25, -0.2) is 17.2 Å². The molecule has 1 atom stereocenters. The molecule has 3 aromatic rings. The molecule has 0 saturated carbocycles. The molecule has 37 heavy (non-hydrogen) atoms. The summed E-state index contributed by atoms with van der Waals surface area (Å²) in [5.41, 5.74) is 1.32. The first-order chi connectivity index (χ1) is 17.6. The molecule has 7 nitrogen and oxygen atoms in total. The highest BCUT2D eigenvalue weighted by Gasteiger charge is 2.32. The minimum Gasteiger partial charge on any atom is -0.355 e. The molecule has 0 bridgehead atoms. The standard InChI is InChI=1S/C27H29F2N3O4S/c1-3-30-27(34)25(16-20-8-5-4-6-9-20)31(18-21-12-14-22(28)15-13-21)26(33)19-32(37(2,35)36)24-11-7-10-23(29)17-24/h4-15,17,25H,3,16,18-19H2,1-2H3,(H,30,34)/t25-/m0/s1. The number of anilines is 1. The largest absolute Gasteiger partial charge is 0.355 e. The summed E-state index contributed by atoms with van der Waals surface area (Å²) in [4.78, 5) is 28.2. The highest BCUT2D eigenvalue weighted by Crippen LogP contribution is 2.21. The monoisotopic (exact) mass is 529 g/mol. The summed E-state index contributed by atoms with van der Waals surface area (Å²) in [6.07, 6.45) is 1.08. The highest BCUT2D eigenvalue weighted by molar-refractivity contribution is 7.92. The predicted molar refractivity (Wildman–Crippen MR) is 138 cm³/mol. The number of carbonyl (C=O) groups excluding carboxylic acids is 2. The molecule has 10 heteroatoms. The van der Waals surface area contributed by atoms with E-state index in [2.05, 4.69) is 5.32 Å². The smallest absolute Gasteiger partial charge is 0.244 e. The van der Waals surface area contributed by atoms with Crippen LogP contribution in [0.1, 0.15) is 18.1 Å². The summed E-state index contributed by atoms with van der Waals surface area (Å²) in [7, 11) is -3.99. The van der Waals surface area contributed by atoms with Crippen LogP contribution in [0.4, 0.5) is 14.5 Å². The molecule has 2 amide bonds. The number of nitrogens with zero attached hydrogens (tertiary/aromatic N) is 2. The van der Waals surface area contributed by atoms with Gasteiger partial charge in [-0.15, -0.1) is 0 Å². The first-order valence-electron chi connectivity index (χ1n) is 11.7. The van der Waals surface area contributed by atoms with E-state index in [1.54, 1.807) is 6.92 Å². The molecule has 0 unspecified atom stereocenters. The minimum atomic E-state index is -3.99. The molecule has 0 aromatic heterocycles. The lowest BCUT2D eigenvalue weighted by molar-refractivity contribution is -0.140. The molecule has 1 N–H and O–H groups in total. The molecule has 0 heterocycles. The zero-order valence-corrected chi connectivity index (χ0v) is 21.4. The van der Waals surface area contributed by atoms with E-state index in [1.807, 2.05) is 30.3 Å². The van der Waals surface area contributed by atoms with Crippen molar-refractivity contribution < 1.29 is 26.8 Å². The van der Waals surface area contributed by atoms with Crippen molar-refractivity contribution in [2.24, 2.45) is 0 Å². The number of sulfonamides is 1. The third kappa shape index (κ3) is 7.85. The van der Waals surface area contributed by atoms with Gasteiger partial charge in [0.25, 0.3) is 0 Å². The highest BCUT2D eigenvalue weighted by atomic mass is 32.2.